The molecule has 0 aromatic heterocycles. The van der Waals surface area contributed by atoms with E-state index in [0.29, 0.717) is 5.54 Å². The van der Waals surface area contributed by atoms with E-state index in [2.05, 4.69) is 22.4 Å². The molecule has 2 aliphatic rings. The van der Waals surface area contributed by atoms with Crippen molar-refractivity contribution in [2.75, 3.05) is 32.4 Å². The van der Waals surface area contributed by atoms with Crippen LogP contribution < -0.4 is 0 Å². The minimum atomic E-state index is 0.630. The highest BCUT2D eigenvalue weighted by atomic mass is 32.2. The van der Waals surface area contributed by atoms with Crippen LogP contribution >= 0.6 is 11.9 Å². The summed E-state index contributed by atoms with van der Waals surface area (Å²) in [6.07, 6.45) is 4.98. The standard InChI is InChI=1S/C9H18N2S/c1-3-10-6-4-9(5-7-10)8-11(9)12-2/h3-8H2,1-2H3. The molecule has 0 radical (unpaired) electrons. The number of rotatable bonds is 2. The molecule has 12 heavy (non-hydrogen) atoms. The first-order chi connectivity index (χ1) is 5.80. The summed E-state index contributed by atoms with van der Waals surface area (Å²) in [6.45, 7) is 7.46. The molecule has 2 fully saturated rings. The minimum absolute atomic E-state index is 0.630. The van der Waals surface area contributed by atoms with Gasteiger partial charge in [0.2, 0.25) is 0 Å². The van der Waals surface area contributed by atoms with Gasteiger partial charge in [0.05, 0.1) is 0 Å². The molecule has 2 nitrogen and oxygen atoms in total. The van der Waals surface area contributed by atoms with Crippen LogP contribution in [0.3, 0.4) is 0 Å². The zero-order chi connectivity index (χ0) is 8.60. The monoisotopic (exact) mass is 186 g/mol. The molecule has 0 bridgehead atoms. The molecule has 2 rings (SSSR count). The molecule has 2 heterocycles. The fourth-order valence-corrected chi connectivity index (χ4v) is 3.12. The van der Waals surface area contributed by atoms with Crippen LogP contribution in [0.1, 0.15) is 19.8 Å². The summed E-state index contributed by atoms with van der Waals surface area (Å²) < 4.78 is 2.54. The van der Waals surface area contributed by atoms with E-state index in [4.69, 9.17) is 0 Å². The van der Waals surface area contributed by atoms with E-state index in [-0.39, 0.29) is 0 Å². The van der Waals surface area contributed by atoms with Crippen molar-refractivity contribution < 1.29 is 0 Å². The normalized spacial score (nSPS) is 34.0. The van der Waals surface area contributed by atoms with E-state index in [1.807, 2.05) is 11.9 Å². The molecular formula is C9H18N2S. The zero-order valence-corrected chi connectivity index (χ0v) is 8.86. The molecule has 0 aromatic carbocycles. The molecule has 2 saturated heterocycles. The average molecular weight is 186 g/mol. The second-order valence-electron chi connectivity index (χ2n) is 3.88. The molecule has 70 valence electrons. The third-order valence-electron chi connectivity index (χ3n) is 3.32. The van der Waals surface area contributed by atoms with Gasteiger partial charge < -0.3 is 4.90 Å². The fraction of sp³-hybridized carbons (Fsp3) is 1.00. The first-order valence-corrected chi connectivity index (χ1v) is 6.03. The lowest BCUT2D eigenvalue weighted by molar-refractivity contribution is 0.202. The predicted octanol–water partition coefficient (Wildman–Crippen LogP) is 1.43. The van der Waals surface area contributed by atoms with E-state index < -0.39 is 0 Å². The van der Waals surface area contributed by atoms with Crippen LogP contribution in [0.15, 0.2) is 0 Å². The van der Waals surface area contributed by atoms with E-state index in [1.165, 1.54) is 39.0 Å². The minimum Gasteiger partial charge on any atom is -0.303 e. The van der Waals surface area contributed by atoms with Crippen molar-refractivity contribution in [1.29, 1.82) is 0 Å². The van der Waals surface area contributed by atoms with Gasteiger partial charge in [-0.2, -0.15) is 0 Å². The Kier molecular flexibility index (Phi) is 2.36. The molecule has 1 atom stereocenters. The number of likely N-dealkylation sites (tertiary alicyclic amines) is 1. The number of piperidine rings is 1. The van der Waals surface area contributed by atoms with Crippen molar-refractivity contribution in [2.24, 2.45) is 0 Å². The van der Waals surface area contributed by atoms with Gasteiger partial charge in [0.1, 0.15) is 0 Å². The van der Waals surface area contributed by atoms with Gasteiger partial charge in [0.25, 0.3) is 0 Å². The van der Waals surface area contributed by atoms with E-state index in [9.17, 15) is 0 Å². The van der Waals surface area contributed by atoms with Crippen molar-refractivity contribution >= 4 is 11.9 Å². The molecule has 2 aliphatic heterocycles. The van der Waals surface area contributed by atoms with Crippen molar-refractivity contribution in [1.82, 2.24) is 9.21 Å². The maximum absolute atomic E-state index is 2.56. The summed E-state index contributed by atoms with van der Waals surface area (Å²) >= 11 is 1.92. The number of hydrogen-bond donors (Lipinski definition) is 0. The van der Waals surface area contributed by atoms with Crippen LogP contribution in [0.5, 0.6) is 0 Å². The molecule has 0 saturated carbocycles. The van der Waals surface area contributed by atoms with Gasteiger partial charge in [-0.3, -0.25) is 0 Å². The SMILES string of the molecule is CCN1CCC2(CC1)CN2SC. The summed E-state index contributed by atoms with van der Waals surface area (Å²) in [5.74, 6) is 0. The van der Waals surface area contributed by atoms with Gasteiger partial charge in [-0.15, -0.1) is 0 Å². The van der Waals surface area contributed by atoms with Crippen LogP contribution in [0.25, 0.3) is 0 Å². The largest absolute Gasteiger partial charge is 0.303 e. The quantitative estimate of drug-likeness (QED) is 0.476. The van der Waals surface area contributed by atoms with Crippen LogP contribution in [-0.4, -0.2) is 47.2 Å². The first-order valence-electron chi connectivity index (χ1n) is 4.85. The Morgan fingerprint density at radius 1 is 1.33 bits per heavy atom. The predicted molar refractivity (Wildman–Crippen MR) is 54.3 cm³/mol. The van der Waals surface area contributed by atoms with Gasteiger partial charge in [0, 0.05) is 12.1 Å². The Hall–Kier alpha value is 0.270. The number of nitrogens with zero attached hydrogens (tertiary/aromatic N) is 2. The molecule has 0 aliphatic carbocycles. The van der Waals surface area contributed by atoms with Gasteiger partial charge >= 0.3 is 0 Å². The number of hydrogen-bond acceptors (Lipinski definition) is 3. The molecule has 1 unspecified atom stereocenters. The smallest absolute Gasteiger partial charge is 0.0474 e. The third kappa shape index (κ3) is 1.38. The zero-order valence-electron chi connectivity index (χ0n) is 8.05. The Balaban J connectivity index is 1.84. The third-order valence-corrected chi connectivity index (χ3v) is 4.28. The second kappa shape index (κ2) is 3.20. The lowest BCUT2D eigenvalue weighted by Crippen LogP contribution is -2.38. The summed E-state index contributed by atoms with van der Waals surface area (Å²) in [5, 5.41) is 0. The summed E-state index contributed by atoms with van der Waals surface area (Å²) in [6, 6.07) is 0. The molecule has 0 aromatic rings. The van der Waals surface area contributed by atoms with Crippen molar-refractivity contribution in [3.05, 3.63) is 0 Å². The van der Waals surface area contributed by atoms with E-state index >= 15 is 0 Å². The maximum Gasteiger partial charge on any atom is 0.0474 e. The van der Waals surface area contributed by atoms with Crippen LogP contribution in [0.4, 0.5) is 0 Å². The molecule has 0 amide bonds. The highest BCUT2D eigenvalue weighted by Crippen LogP contribution is 2.45. The van der Waals surface area contributed by atoms with E-state index in [1.54, 1.807) is 0 Å². The highest BCUT2D eigenvalue weighted by molar-refractivity contribution is 7.96. The van der Waals surface area contributed by atoms with E-state index in [0.717, 1.165) is 0 Å². The lowest BCUT2D eigenvalue weighted by Gasteiger charge is -2.31. The molecular weight excluding hydrogens is 168 g/mol. The van der Waals surface area contributed by atoms with Crippen molar-refractivity contribution in [2.45, 2.75) is 25.3 Å². The molecule has 3 heteroatoms. The Labute approximate surface area is 79.4 Å². The lowest BCUT2D eigenvalue weighted by atomic mass is 9.97. The Bertz CT molecular complexity index is 164. The van der Waals surface area contributed by atoms with Crippen molar-refractivity contribution in [3.63, 3.8) is 0 Å². The van der Waals surface area contributed by atoms with Gasteiger partial charge in [0.15, 0.2) is 0 Å². The van der Waals surface area contributed by atoms with Gasteiger partial charge in [-0.05, 0) is 38.7 Å². The summed E-state index contributed by atoms with van der Waals surface area (Å²) in [7, 11) is 0. The second-order valence-corrected chi connectivity index (χ2v) is 4.68. The van der Waals surface area contributed by atoms with Crippen molar-refractivity contribution in [3.8, 4) is 0 Å². The van der Waals surface area contributed by atoms with Crippen LogP contribution in [0, 0.1) is 0 Å². The Morgan fingerprint density at radius 3 is 2.42 bits per heavy atom. The first kappa shape index (κ1) is 8.85. The summed E-state index contributed by atoms with van der Waals surface area (Å²) in [5.41, 5.74) is 0.630. The molecule has 0 N–H and O–H groups in total. The highest BCUT2D eigenvalue weighted by Gasteiger charge is 2.52. The van der Waals surface area contributed by atoms with Crippen LogP contribution in [0.2, 0.25) is 0 Å². The summed E-state index contributed by atoms with van der Waals surface area (Å²) in [4.78, 5) is 2.56. The topological polar surface area (TPSA) is 6.25 Å². The fourth-order valence-electron chi connectivity index (χ4n) is 2.18. The molecule has 1 spiro atoms. The van der Waals surface area contributed by atoms with Gasteiger partial charge in [-0.25, -0.2) is 4.31 Å². The van der Waals surface area contributed by atoms with Crippen LogP contribution in [-0.2, 0) is 0 Å². The van der Waals surface area contributed by atoms with Gasteiger partial charge in [-0.1, -0.05) is 18.9 Å². The maximum atomic E-state index is 2.56. The Morgan fingerprint density at radius 2 is 2.00 bits per heavy atom. The average Bonchev–Trinajstić information content (AvgIpc) is 2.81.